The zero-order valence-corrected chi connectivity index (χ0v) is 28.8. The highest BCUT2D eigenvalue weighted by Crippen LogP contribution is 2.24. The number of aliphatic hydroxyl groups excluding tert-OH is 3. The second-order valence-corrected chi connectivity index (χ2v) is 11.5. The number of hydrogen-bond donors (Lipinski definition) is 6. The Morgan fingerprint density at radius 1 is 0.706 bits per heavy atom. The van der Waals surface area contributed by atoms with Gasteiger partial charge in [-0.05, 0) is 48.7 Å². The first kappa shape index (κ1) is 41.7. The quantitative estimate of drug-likeness (QED) is 0.0763. The number of carbonyl (C=O) groups is 3. The number of carbonyl (C=O) groups excluding carboxylic acids is 2. The number of carboxylic acid groups (broad SMARTS) is 1. The van der Waals surface area contributed by atoms with E-state index < -0.39 is 36.7 Å². The molecule has 2 aromatic rings. The summed E-state index contributed by atoms with van der Waals surface area (Å²) >= 11 is 0. The van der Waals surface area contributed by atoms with Crippen molar-refractivity contribution in [3.8, 4) is 16.9 Å². The van der Waals surface area contributed by atoms with Gasteiger partial charge in [0.05, 0.1) is 71.1 Å². The van der Waals surface area contributed by atoms with Crippen LogP contribution in [0.2, 0.25) is 0 Å². The Balaban J connectivity index is 1.05. The average molecular weight is 723 g/mol. The van der Waals surface area contributed by atoms with Crippen molar-refractivity contribution in [3.05, 3.63) is 54.1 Å². The van der Waals surface area contributed by atoms with Gasteiger partial charge in [-0.3, -0.25) is 9.59 Å². The summed E-state index contributed by atoms with van der Waals surface area (Å²) in [7, 11) is 0. The van der Waals surface area contributed by atoms with Crippen molar-refractivity contribution < 1.29 is 68.0 Å². The van der Waals surface area contributed by atoms with E-state index in [0.717, 1.165) is 11.1 Å². The fourth-order valence-electron chi connectivity index (χ4n) is 4.73. The van der Waals surface area contributed by atoms with Crippen LogP contribution < -0.4 is 15.4 Å². The molecule has 16 nitrogen and oxygen atoms in total. The number of carboxylic acids is 1. The Bertz CT molecular complexity index is 1310. The van der Waals surface area contributed by atoms with Crippen LogP contribution >= 0.6 is 0 Å². The Kier molecular flexibility index (Phi) is 19.4. The maximum absolute atomic E-state index is 12.0. The predicted octanol–water partition coefficient (Wildman–Crippen LogP) is 0.354. The number of amides is 2. The van der Waals surface area contributed by atoms with E-state index in [4.69, 9.17) is 38.3 Å². The molecule has 0 spiro atoms. The first-order valence-corrected chi connectivity index (χ1v) is 16.9. The molecule has 1 aliphatic rings. The molecule has 1 fully saturated rings. The minimum Gasteiger partial charge on any atom is -0.484 e. The van der Waals surface area contributed by atoms with E-state index in [9.17, 15) is 29.7 Å². The van der Waals surface area contributed by atoms with Gasteiger partial charge in [-0.1, -0.05) is 24.3 Å². The summed E-state index contributed by atoms with van der Waals surface area (Å²) in [5.74, 6) is -0.934. The maximum atomic E-state index is 12.0. The smallest absolute Gasteiger partial charge is 0.335 e. The first-order chi connectivity index (χ1) is 24.7. The minimum absolute atomic E-state index is 0.142. The van der Waals surface area contributed by atoms with Gasteiger partial charge in [0.25, 0.3) is 5.91 Å². The van der Waals surface area contributed by atoms with Crippen molar-refractivity contribution in [3.63, 3.8) is 0 Å². The molecule has 5 atom stereocenters. The lowest BCUT2D eigenvalue weighted by Crippen LogP contribution is -2.57. The molecule has 284 valence electrons. The standard InChI is InChI=1S/C35H50N2O14/c1-24-31(40)32(41)33(42)35(51-24)49-13-3-6-29(38)36-11-14-45-16-18-47-20-21-48-19-17-46-15-12-37-30(39)23-50-28-9-7-25(8-10-28)26-4-2-5-27(22-26)34(43)44/h2,4-5,7-10,22,24,31-33,35,40-42H,3,6,11-21,23H2,1H3,(H,36,38)(H,37,39)(H,43,44)/t24-,31-,32+,33+,35+/m0/s1. The molecule has 1 heterocycles. The Labute approximate surface area is 296 Å². The molecule has 16 heteroatoms. The first-order valence-electron chi connectivity index (χ1n) is 16.9. The van der Waals surface area contributed by atoms with E-state index >= 15 is 0 Å². The molecule has 0 aromatic heterocycles. The summed E-state index contributed by atoms with van der Waals surface area (Å²) in [6, 6.07) is 13.7. The number of ether oxygens (including phenoxy) is 7. The summed E-state index contributed by atoms with van der Waals surface area (Å²) in [5.41, 5.74) is 1.81. The van der Waals surface area contributed by atoms with Crippen molar-refractivity contribution in [1.82, 2.24) is 10.6 Å². The highest BCUT2D eigenvalue weighted by atomic mass is 16.7. The normalized spacial score (nSPS) is 20.1. The van der Waals surface area contributed by atoms with Crippen LogP contribution in [-0.4, -0.2) is 148 Å². The van der Waals surface area contributed by atoms with E-state index in [1.807, 2.05) is 6.07 Å². The van der Waals surface area contributed by atoms with Crippen LogP contribution in [0.25, 0.3) is 11.1 Å². The molecule has 0 radical (unpaired) electrons. The number of aromatic carboxylic acids is 1. The third-order valence-electron chi connectivity index (χ3n) is 7.56. The average Bonchev–Trinajstić information content (AvgIpc) is 3.13. The Hall–Kier alpha value is -3.71. The van der Waals surface area contributed by atoms with Gasteiger partial charge in [0.1, 0.15) is 24.1 Å². The molecule has 1 saturated heterocycles. The zero-order valence-electron chi connectivity index (χ0n) is 28.8. The van der Waals surface area contributed by atoms with Crippen LogP contribution in [0.5, 0.6) is 5.75 Å². The van der Waals surface area contributed by atoms with Crippen LogP contribution in [0, 0.1) is 0 Å². The molecule has 3 rings (SSSR count). The summed E-state index contributed by atoms with van der Waals surface area (Å²) in [5, 5.41) is 44.0. The van der Waals surface area contributed by atoms with Crippen LogP contribution in [0.15, 0.2) is 48.5 Å². The van der Waals surface area contributed by atoms with Crippen LogP contribution in [-0.2, 0) is 38.0 Å². The lowest BCUT2D eigenvalue weighted by atomic mass is 10.0. The molecule has 0 saturated carbocycles. The number of benzene rings is 2. The number of hydrogen-bond acceptors (Lipinski definition) is 13. The number of nitrogens with one attached hydrogen (secondary N) is 2. The van der Waals surface area contributed by atoms with Gasteiger partial charge < -0.3 is 64.2 Å². The molecule has 51 heavy (non-hydrogen) atoms. The molecular formula is C35H50N2O14. The van der Waals surface area contributed by atoms with Gasteiger partial charge >= 0.3 is 5.97 Å². The summed E-state index contributed by atoms with van der Waals surface area (Å²) in [6.07, 6.45) is -5.08. The van der Waals surface area contributed by atoms with E-state index in [1.165, 1.54) is 6.07 Å². The fourth-order valence-corrected chi connectivity index (χ4v) is 4.73. The summed E-state index contributed by atoms with van der Waals surface area (Å²) in [4.78, 5) is 35.2. The van der Waals surface area contributed by atoms with Crippen LogP contribution in [0.3, 0.4) is 0 Å². The van der Waals surface area contributed by atoms with Crippen molar-refractivity contribution in [2.45, 2.75) is 50.5 Å². The highest BCUT2D eigenvalue weighted by molar-refractivity contribution is 5.89. The monoisotopic (exact) mass is 722 g/mol. The molecule has 0 bridgehead atoms. The lowest BCUT2D eigenvalue weighted by Gasteiger charge is -2.38. The van der Waals surface area contributed by atoms with Gasteiger partial charge in [-0.2, -0.15) is 0 Å². The molecular weight excluding hydrogens is 672 g/mol. The second-order valence-electron chi connectivity index (χ2n) is 11.5. The molecule has 1 aliphatic heterocycles. The van der Waals surface area contributed by atoms with Gasteiger partial charge in [-0.25, -0.2) is 4.79 Å². The predicted molar refractivity (Wildman–Crippen MR) is 181 cm³/mol. The molecule has 2 aromatic carbocycles. The van der Waals surface area contributed by atoms with Crippen molar-refractivity contribution >= 4 is 17.8 Å². The lowest BCUT2D eigenvalue weighted by molar-refractivity contribution is -0.293. The van der Waals surface area contributed by atoms with E-state index in [1.54, 1.807) is 43.3 Å². The third-order valence-corrected chi connectivity index (χ3v) is 7.56. The Morgan fingerprint density at radius 2 is 1.29 bits per heavy atom. The van der Waals surface area contributed by atoms with E-state index in [-0.39, 0.29) is 37.0 Å². The largest absolute Gasteiger partial charge is 0.484 e. The van der Waals surface area contributed by atoms with Gasteiger partial charge in [0.2, 0.25) is 5.91 Å². The van der Waals surface area contributed by atoms with Gasteiger partial charge in [0, 0.05) is 19.5 Å². The highest BCUT2D eigenvalue weighted by Gasteiger charge is 2.42. The molecule has 6 N–H and O–H groups in total. The van der Waals surface area contributed by atoms with E-state index in [0.29, 0.717) is 78.1 Å². The topological polar surface area (TPSA) is 221 Å². The van der Waals surface area contributed by atoms with Crippen LogP contribution in [0.1, 0.15) is 30.1 Å². The minimum atomic E-state index is -1.37. The Morgan fingerprint density at radius 3 is 1.90 bits per heavy atom. The maximum Gasteiger partial charge on any atom is 0.335 e. The van der Waals surface area contributed by atoms with Crippen molar-refractivity contribution in [2.24, 2.45) is 0 Å². The zero-order chi connectivity index (χ0) is 36.8. The van der Waals surface area contributed by atoms with Crippen LogP contribution in [0.4, 0.5) is 0 Å². The molecule has 2 amide bonds. The SMILES string of the molecule is C[C@@H]1O[C@@H](OCCCC(=O)NCCOCCOCCOCCOCCNC(=O)COc2ccc(-c3cccc(C(=O)O)c3)cc2)[C@H](O)[C@H](O)[C@H]1O. The van der Waals surface area contributed by atoms with E-state index in [2.05, 4.69) is 10.6 Å². The third kappa shape index (κ3) is 16.0. The van der Waals surface area contributed by atoms with Gasteiger partial charge in [0.15, 0.2) is 12.9 Å². The number of aliphatic hydroxyl groups is 3. The fraction of sp³-hybridized carbons (Fsp3) is 0.571. The summed E-state index contributed by atoms with van der Waals surface area (Å²) < 4.78 is 38.0. The van der Waals surface area contributed by atoms with Gasteiger partial charge in [-0.15, -0.1) is 0 Å². The summed E-state index contributed by atoms with van der Waals surface area (Å²) in [6.45, 7) is 5.14. The second kappa shape index (κ2) is 23.7. The molecule has 0 aliphatic carbocycles. The number of rotatable bonds is 25. The van der Waals surface area contributed by atoms with Crippen molar-refractivity contribution in [1.29, 1.82) is 0 Å². The molecule has 0 unspecified atom stereocenters. The van der Waals surface area contributed by atoms with Crippen molar-refractivity contribution in [2.75, 3.05) is 79.2 Å².